The van der Waals surface area contributed by atoms with E-state index >= 15 is 0 Å². The standard InChI is InChI=1S/C16H23NO4/c18-16(19)4-1-9-17-11-13-5-7-14(8-6-13)21-12-15-3-2-10-20-15/h5-8,15,17H,1-4,9-12H2,(H,18,19). The zero-order valence-corrected chi connectivity index (χ0v) is 12.2. The van der Waals surface area contributed by atoms with Crippen LogP contribution < -0.4 is 10.1 Å². The van der Waals surface area contributed by atoms with Gasteiger partial charge in [-0.05, 0) is 43.5 Å². The number of aliphatic carboxylic acids is 1. The van der Waals surface area contributed by atoms with E-state index in [9.17, 15) is 4.79 Å². The van der Waals surface area contributed by atoms with Crippen molar-refractivity contribution in [1.82, 2.24) is 5.32 Å². The lowest BCUT2D eigenvalue weighted by Crippen LogP contribution is -2.16. The van der Waals surface area contributed by atoms with E-state index in [4.69, 9.17) is 14.6 Å². The molecule has 5 heteroatoms. The summed E-state index contributed by atoms with van der Waals surface area (Å²) in [5.41, 5.74) is 1.16. The molecule has 0 amide bonds. The second-order valence-corrected chi connectivity index (χ2v) is 5.26. The van der Waals surface area contributed by atoms with Crippen LogP contribution in [0.3, 0.4) is 0 Å². The average Bonchev–Trinajstić information content (AvgIpc) is 2.99. The van der Waals surface area contributed by atoms with Crippen LogP contribution in [0.2, 0.25) is 0 Å². The number of hydrogen-bond acceptors (Lipinski definition) is 4. The molecule has 116 valence electrons. The van der Waals surface area contributed by atoms with Crippen molar-refractivity contribution < 1.29 is 19.4 Å². The molecular formula is C16H23NO4. The number of benzene rings is 1. The molecule has 1 aromatic rings. The summed E-state index contributed by atoms with van der Waals surface area (Å²) in [6.45, 7) is 2.92. The van der Waals surface area contributed by atoms with Crippen molar-refractivity contribution >= 4 is 5.97 Å². The lowest BCUT2D eigenvalue weighted by atomic mass is 10.2. The van der Waals surface area contributed by atoms with Gasteiger partial charge in [0.1, 0.15) is 12.4 Å². The largest absolute Gasteiger partial charge is 0.491 e. The van der Waals surface area contributed by atoms with E-state index < -0.39 is 5.97 Å². The van der Waals surface area contributed by atoms with Gasteiger partial charge in [0.15, 0.2) is 0 Å². The van der Waals surface area contributed by atoms with E-state index in [1.807, 2.05) is 24.3 Å². The first kappa shape index (κ1) is 15.8. The summed E-state index contributed by atoms with van der Waals surface area (Å²) in [6, 6.07) is 7.97. The Labute approximate surface area is 125 Å². The number of carboxylic acid groups (broad SMARTS) is 1. The second-order valence-electron chi connectivity index (χ2n) is 5.26. The zero-order valence-electron chi connectivity index (χ0n) is 12.2. The summed E-state index contributed by atoms with van der Waals surface area (Å²) in [5.74, 6) is 0.115. The monoisotopic (exact) mass is 293 g/mol. The van der Waals surface area contributed by atoms with E-state index in [0.717, 1.165) is 37.3 Å². The van der Waals surface area contributed by atoms with Crippen LogP contribution in [0.1, 0.15) is 31.2 Å². The van der Waals surface area contributed by atoms with Crippen LogP contribution in [0.4, 0.5) is 0 Å². The molecule has 1 saturated heterocycles. The lowest BCUT2D eigenvalue weighted by molar-refractivity contribution is -0.137. The molecular weight excluding hydrogens is 270 g/mol. The van der Waals surface area contributed by atoms with Gasteiger partial charge in [0.05, 0.1) is 6.10 Å². The maximum Gasteiger partial charge on any atom is 0.303 e. The summed E-state index contributed by atoms with van der Waals surface area (Å²) in [7, 11) is 0. The Kier molecular flexibility index (Phi) is 6.50. The molecule has 0 radical (unpaired) electrons. The molecule has 1 aliphatic heterocycles. The summed E-state index contributed by atoms with van der Waals surface area (Å²) in [5, 5.41) is 11.8. The van der Waals surface area contributed by atoms with Crippen LogP contribution in [0, 0.1) is 0 Å². The predicted octanol–water partition coefficient (Wildman–Crippen LogP) is 2.20. The Morgan fingerprint density at radius 2 is 2.19 bits per heavy atom. The van der Waals surface area contributed by atoms with Crippen molar-refractivity contribution in [2.75, 3.05) is 19.8 Å². The number of carbonyl (C=O) groups is 1. The minimum absolute atomic E-state index is 0.211. The molecule has 0 aliphatic carbocycles. The zero-order chi connectivity index (χ0) is 14.9. The highest BCUT2D eigenvalue weighted by molar-refractivity contribution is 5.66. The van der Waals surface area contributed by atoms with E-state index in [0.29, 0.717) is 19.6 Å². The van der Waals surface area contributed by atoms with Crippen LogP contribution in [-0.2, 0) is 16.1 Å². The highest BCUT2D eigenvalue weighted by Crippen LogP contribution is 2.16. The van der Waals surface area contributed by atoms with Crippen LogP contribution in [0.5, 0.6) is 5.75 Å². The SMILES string of the molecule is O=C(O)CCCNCc1ccc(OCC2CCCO2)cc1. The highest BCUT2D eigenvalue weighted by Gasteiger charge is 2.15. The van der Waals surface area contributed by atoms with Gasteiger partial charge in [0.25, 0.3) is 0 Å². The summed E-state index contributed by atoms with van der Waals surface area (Å²) in [6.07, 6.45) is 3.31. The quantitative estimate of drug-likeness (QED) is 0.683. The third-order valence-corrected chi connectivity index (χ3v) is 3.46. The Morgan fingerprint density at radius 3 is 2.86 bits per heavy atom. The fourth-order valence-electron chi connectivity index (χ4n) is 2.27. The van der Waals surface area contributed by atoms with Gasteiger partial charge in [-0.1, -0.05) is 12.1 Å². The molecule has 2 N–H and O–H groups in total. The molecule has 5 nitrogen and oxygen atoms in total. The first-order valence-corrected chi connectivity index (χ1v) is 7.50. The summed E-state index contributed by atoms with van der Waals surface area (Å²) < 4.78 is 11.2. The molecule has 21 heavy (non-hydrogen) atoms. The summed E-state index contributed by atoms with van der Waals surface area (Å²) >= 11 is 0. The minimum Gasteiger partial charge on any atom is -0.491 e. The Morgan fingerprint density at radius 1 is 1.38 bits per heavy atom. The topological polar surface area (TPSA) is 67.8 Å². The fourth-order valence-corrected chi connectivity index (χ4v) is 2.27. The molecule has 2 rings (SSSR count). The predicted molar refractivity (Wildman–Crippen MR) is 79.5 cm³/mol. The normalized spacial score (nSPS) is 17.8. The molecule has 1 heterocycles. The number of ether oxygens (including phenoxy) is 2. The second kappa shape index (κ2) is 8.64. The number of hydrogen-bond donors (Lipinski definition) is 2. The number of nitrogens with one attached hydrogen (secondary N) is 1. The third-order valence-electron chi connectivity index (χ3n) is 3.46. The average molecular weight is 293 g/mol. The Bertz CT molecular complexity index is 426. The molecule has 1 atom stereocenters. The number of rotatable bonds is 9. The molecule has 1 aromatic carbocycles. The van der Waals surface area contributed by atoms with E-state index in [1.165, 1.54) is 0 Å². The molecule has 0 saturated carbocycles. The van der Waals surface area contributed by atoms with Crippen LogP contribution in [0.25, 0.3) is 0 Å². The fraction of sp³-hybridized carbons (Fsp3) is 0.562. The van der Waals surface area contributed by atoms with Gasteiger partial charge in [0.2, 0.25) is 0 Å². The molecule has 1 aliphatic rings. The third kappa shape index (κ3) is 6.14. The summed E-state index contributed by atoms with van der Waals surface area (Å²) in [4.78, 5) is 10.4. The van der Waals surface area contributed by atoms with Crippen molar-refractivity contribution in [2.45, 2.75) is 38.3 Å². The van der Waals surface area contributed by atoms with Crippen LogP contribution >= 0.6 is 0 Å². The van der Waals surface area contributed by atoms with Gasteiger partial charge >= 0.3 is 5.97 Å². The van der Waals surface area contributed by atoms with Crippen molar-refractivity contribution in [2.24, 2.45) is 0 Å². The first-order chi connectivity index (χ1) is 10.2. The first-order valence-electron chi connectivity index (χ1n) is 7.50. The molecule has 0 spiro atoms. The molecule has 0 bridgehead atoms. The Balaban J connectivity index is 1.63. The number of carboxylic acids is 1. The van der Waals surface area contributed by atoms with E-state index in [2.05, 4.69) is 5.32 Å². The van der Waals surface area contributed by atoms with Crippen molar-refractivity contribution in [3.05, 3.63) is 29.8 Å². The molecule has 1 unspecified atom stereocenters. The van der Waals surface area contributed by atoms with Crippen molar-refractivity contribution in [3.63, 3.8) is 0 Å². The molecule has 0 aromatic heterocycles. The van der Waals surface area contributed by atoms with E-state index in [1.54, 1.807) is 0 Å². The van der Waals surface area contributed by atoms with Gasteiger partial charge in [-0.3, -0.25) is 4.79 Å². The van der Waals surface area contributed by atoms with Gasteiger partial charge in [0, 0.05) is 19.6 Å². The maximum absolute atomic E-state index is 10.4. The van der Waals surface area contributed by atoms with Gasteiger partial charge in [-0.2, -0.15) is 0 Å². The lowest BCUT2D eigenvalue weighted by Gasteiger charge is -2.12. The smallest absolute Gasteiger partial charge is 0.303 e. The highest BCUT2D eigenvalue weighted by atomic mass is 16.5. The maximum atomic E-state index is 10.4. The van der Waals surface area contributed by atoms with E-state index in [-0.39, 0.29) is 12.5 Å². The Hall–Kier alpha value is -1.59. The van der Waals surface area contributed by atoms with Gasteiger partial charge in [-0.25, -0.2) is 0 Å². The van der Waals surface area contributed by atoms with Gasteiger partial charge < -0.3 is 19.9 Å². The van der Waals surface area contributed by atoms with Crippen molar-refractivity contribution in [3.8, 4) is 5.75 Å². The minimum atomic E-state index is -0.746. The van der Waals surface area contributed by atoms with Crippen LogP contribution in [-0.4, -0.2) is 36.9 Å². The van der Waals surface area contributed by atoms with Crippen LogP contribution in [0.15, 0.2) is 24.3 Å². The molecule has 1 fully saturated rings. The van der Waals surface area contributed by atoms with Crippen molar-refractivity contribution in [1.29, 1.82) is 0 Å². The van der Waals surface area contributed by atoms with Gasteiger partial charge in [-0.15, -0.1) is 0 Å².